The summed E-state index contributed by atoms with van der Waals surface area (Å²) >= 11 is 0. The van der Waals surface area contributed by atoms with Gasteiger partial charge in [-0.3, -0.25) is 0 Å². The fraction of sp³-hybridized carbons (Fsp3) is 0.559. The summed E-state index contributed by atoms with van der Waals surface area (Å²) in [4.78, 5) is 9.60. The molecule has 45 heavy (non-hydrogen) atoms. The Morgan fingerprint density at radius 3 is 2.31 bits per heavy atom. The molecule has 0 unspecified atom stereocenters. The van der Waals surface area contributed by atoms with Crippen molar-refractivity contribution < 1.29 is 9.16 Å². The molecule has 3 aromatic heterocycles. The summed E-state index contributed by atoms with van der Waals surface area (Å²) in [5.41, 5.74) is 3.92. The van der Waals surface area contributed by atoms with Crippen LogP contribution in [0.5, 0.6) is 0 Å². The van der Waals surface area contributed by atoms with E-state index in [4.69, 9.17) is 14.1 Å². The van der Waals surface area contributed by atoms with Crippen LogP contribution < -0.4 is 10.6 Å². The van der Waals surface area contributed by atoms with E-state index in [0.717, 1.165) is 66.3 Å². The first-order valence-corrected chi connectivity index (χ1v) is 22.9. The van der Waals surface area contributed by atoms with Crippen LogP contribution in [0.1, 0.15) is 34.6 Å². The first kappa shape index (κ1) is 35.0. The van der Waals surface area contributed by atoms with E-state index < -0.39 is 16.4 Å². The fourth-order valence-electron chi connectivity index (χ4n) is 4.66. The van der Waals surface area contributed by atoms with E-state index in [1.54, 1.807) is 0 Å². The van der Waals surface area contributed by atoms with E-state index >= 15 is 0 Å². The van der Waals surface area contributed by atoms with Gasteiger partial charge in [0.05, 0.1) is 6.20 Å². The first-order valence-electron chi connectivity index (χ1n) is 16.3. The van der Waals surface area contributed by atoms with Gasteiger partial charge in [0.2, 0.25) is 0 Å². The molecule has 0 aliphatic carbocycles. The monoisotopic (exact) mass is 649 g/mol. The van der Waals surface area contributed by atoms with Gasteiger partial charge >= 0.3 is 0 Å². The molecule has 0 saturated carbocycles. The molecule has 246 valence electrons. The van der Waals surface area contributed by atoms with Crippen LogP contribution in [0.4, 0.5) is 5.82 Å². The van der Waals surface area contributed by atoms with Crippen molar-refractivity contribution in [3.63, 3.8) is 0 Å². The van der Waals surface area contributed by atoms with Crippen molar-refractivity contribution in [1.29, 1.82) is 0 Å². The quantitative estimate of drug-likeness (QED) is 0.0953. The predicted molar refractivity (Wildman–Crippen MR) is 192 cm³/mol. The van der Waals surface area contributed by atoms with Gasteiger partial charge in [-0.05, 0) is 41.7 Å². The Morgan fingerprint density at radius 2 is 1.64 bits per heavy atom. The molecule has 4 rings (SSSR count). The molecule has 1 aromatic carbocycles. The Kier molecular flexibility index (Phi) is 11.5. The lowest BCUT2D eigenvalue weighted by Crippen LogP contribution is -2.43. The lowest BCUT2D eigenvalue weighted by molar-refractivity contribution is 0.0883. The maximum Gasteiger partial charge on any atom is 0.192 e. The number of hydrogen-bond donors (Lipinski definition) is 2. The third-order valence-corrected chi connectivity index (χ3v) is 15.1. The zero-order valence-corrected chi connectivity index (χ0v) is 31.1. The van der Waals surface area contributed by atoms with Gasteiger partial charge in [0.1, 0.15) is 18.4 Å². The van der Waals surface area contributed by atoms with Gasteiger partial charge in [-0.15, -0.1) is 0 Å². The van der Waals surface area contributed by atoms with Crippen LogP contribution in [0.2, 0.25) is 43.8 Å². The molecule has 9 nitrogen and oxygen atoms in total. The predicted octanol–water partition coefficient (Wildman–Crippen LogP) is 7.62. The van der Waals surface area contributed by atoms with Crippen molar-refractivity contribution in [3.8, 4) is 22.5 Å². The number of benzene rings is 1. The minimum atomic E-state index is -1.73. The Morgan fingerprint density at radius 1 is 0.933 bits per heavy atom. The summed E-state index contributed by atoms with van der Waals surface area (Å²) < 4.78 is 16.2. The van der Waals surface area contributed by atoms with Crippen LogP contribution in [0.3, 0.4) is 0 Å². The molecule has 0 bridgehead atoms. The number of imidazole rings is 1. The average Bonchev–Trinajstić information content (AvgIpc) is 3.60. The van der Waals surface area contributed by atoms with Crippen molar-refractivity contribution in [2.24, 2.45) is 5.92 Å². The van der Waals surface area contributed by atoms with Crippen molar-refractivity contribution >= 4 is 27.9 Å². The van der Waals surface area contributed by atoms with Crippen molar-refractivity contribution in [2.75, 3.05) is 31.6 Å². The SMILES string of the molecule is CC(C)[C@@H](CNCCO[Si](C)(C)C(C)(C)C)Nc1ccn2ncc(-c3ccc(-c4nccn4COCC[Si](C)(C)C)cc3)c2n1. The summed E-state index contributed by atoms with van der Waals surface area (Å²) in [5, 5.41) is 12.1. The topological polar surface area (TPSA) is 90.5 Å². The second kappa shape index (κ2) is 14.7. The van der Waals surface area contributed by atoms with Crippen LogP contribution in [0.25, 0.3) is 28.2 Å². The average molecular weight is 650 g/mol. The molecule has 0 saturated heterocycles. The summed E-state index contributed by atoms with van der Waals surface area (Å²) in [5.74, 6) is 2.17. The highest BCUT2D eigenvalue weighted by Gasteiger charge is 2.36. The molecule has 2 N–H and O–H groups in total. The normalized spacial score (nSPS) is 13.6. The molecule has 0 spiro atoms. The summed E-state index contributed by atoms with van der Waals surface area (Å²) in [7, 11) is -2.85. The summed E-state index contributed by atoms with van der Waals surface area (Å²) in [6.45, 7) is 26.7. The van der Waals surface area contributed by atoms with Gasteiger partial charge in [0, 0.05) is 70.1 Å². The van der Waals surface area contributed by atoms with Crippen LogP contribution >= 0.6 is 0 Å². The Labute approximate surface area is 272 Å². The van der Waals surface area contributed by atoms with Crippen LogP contribution in [-0.4, -0.2) is 72.9 Å². The summed E-state index contributed by atoms with van der Waals surface area (Å²) in [6, 6.07) is 11.8. The maximum absolute atomic E-state index is 6.34. The highest BCUT2D eigenvalue weighted by molar-refractivity contribution is 6.76. The van der Waals surface area contributed by atoms with Crippen molar-refractivity contribution in [1.82, 2.24) is 29.5 Å². The number of rotatable bonds is 16. The number of nitrogens with zero attached hydrogens (tertiary/aromatic N) is 5. The van der Waals surface area contributed by atoms with Gasteiger partial charge in [0.15, 0.2) is 14.0 Å². The number of nitrogens with one attached hydrogen (secondary N) is 2. The molecule has 0 aliphatic rings. The molecule has 0 aliphatic heterocycles. The molecule has 0 fully saturated rings. The lowest BCUT2D eigenvalue weighted by atomic mass is 10.0. The number of hydrogen-bond acceptors (Lipinski definition) is 7. The standard InChI is InChI=1S/C34H55N7O2Si2/c1-26(2)30(24-35-17-20-43-45(9,10)34(3,4)5)38-31-15-18-41-33(39-31)29(23-37-41)27-11-13-28(14-12-27)32-36-16-19-40(32)25-42-21-22-44(6,7)8/h11-16,18-19,23,26,30,35H,17,20-22,24-25H2,1-10H3,(H,38,39)/t30-/m1/s1. The van der Waals surface area contributed by atoms with E-state index in [-0.39, 0.29) is 11.1 Å². The van der Waals surface area contributed by atoms with E-state index in [9.17, 15) is 0 Å². The molecular formula is C34H55N7O2Si2. The minimum absolute atomic E-state index is 0.222. The van der Waals surface area contributed by atoms with Gasteiger partial charge in [0.25, 0.3) is 0 Å². The second-order valence-corrected chi connectivity index (χ2v) is 25.5. The number of fused-ring (bicyclic) bond motifs is 1. The summed E-state index contributed by atoms with van der Waals surface area (Å²) in [6.07, 6.45) is 7.67. The third kappa shape index (κ3) is 9.58. The third-order valence-electron chi connectivity index (χ3n) is 8.82. The Balaban J connectivity index is 1.39. The zero-order chi connectivity index (χ0) is 32.8. The molecule has 1 atom stereocenters. The highest BCUT2D eigenvalue weighted by Crippen LogP contribution is 2.36. The largest absolute Gasteiger partial charge is 0.416 e. The highest BCUT2D eigenvalue weighted by atomic mass is 28.4. The molecular weight excluding hydrogens is 595 g/mol. The van der Waals surface area contributed by atoms with Gasteiger partial charge in [-0.1, -0.05) is 78.5 Å². The zero-order valence-electron chi connectivity index (χ0n) is 29.1. The van der Waals surface area contributed by atoms with E-state index in [1.165, 1.54) is 0 Å². The van der Waals surface area contributed by atoms with Crippen molar-refractivity contribution in [3.05, 3.63) is 55.1 Å². The fourth-order valence-corrected chi connectivity index (χ4v) is 6.46. The maximum atomic E-state index is 6.34. The van der Waals surface area contributed by atoms with Crippen LogP contribution in [-0.2, 0) is 15.9 Å². The Hall–Kier alpha value is -2.84. The van der Waals surface area contributed by atoms with Crippen molar-refractivity contribution in [2.45, 2.75) is 91.2 Å². The van der Waals surface area contributed by atoms with Gasteiger partial charge < -0.3 is 24.4 Å². The molecule has 4 aromatic rings. The minimum Gasteiger partial charge on any atom is -0.416 e. The van der Waals surface area contributed by atoms with E-state index in [1.807, 2.05) is 35.4 Å². The van der Waals surface area contributed by atoms with E-state index in [2.05, 4.69) is 117 Å². The second-order valence-electron chi connectivity index (χ2n) is 15.1. The lowest BCUT2D eigenvalue weighted by Gasteiger charge is -2.36. The van der Waals surface area contributed by atoms with Crippen LogP contribution in [0.15, 0.2) is 55.1 Å². The number of aromatic nitrogens is 5. The van der Waals surface area contributed by atoms with Gasteiger partial charge in [-0.2, -0.15) is 5.10 Å². The molecule has 0 radical (unpaired) electrons. The van der Waals surface area contributed by atoms with Gasteiger partial charge in [-0.25, -0.2) is 14.5 Å². The molecule has 11 heteroatoms. The number of anilines is 1. The Bertz CT molecular complexity index is 1500. The van der Waals surface area contributed by atoms with E-state index in [0.29, 0.717) is 12.6 Å². The van der Waals surface area contributed by atoms with Crippen LogP contribution in [0, 0.1) is 5.92 Å². The molecule has 0 amide bonds. The number of ether oxygens (including phenoxy) is 1. The molecule has 3 heterocycles. The smallest absolute Gasteiger partial charge is 0.192 e. The first-order chi connectivity index (χ1) is 21.1.